The Hall–Kier alpha value is -0.970. The molecule has 4 nitrogen and oxygen atoms in total. The molecule has 3 N–H and O–H groups in total. The molecule has 0 aromatic heterocycles. The van der Waals surface area contributed by atoms with Crippen molar-refractivity contribution < 1.29 is 32.3 Å². The fraction of sp³-hybridized carbons (Fsp3) is 0.538. The lowest BCUT2D eigenvalue weighted by Gasteiger charge is -2.13. The van der Waals surface area contributed by atoms with Gasteiger partial charge in [0.15, 0.2) is 0 Å². The first kappa shape index (κ1) is 17.0. The Balaban J connectivity index is 0.00000289. The molecule has 0 aliphatic carbocycles. The van der Waals surface area contributed by atoms with E-state index in [4.69, 9.17) is 9.47 Å². The van der Waals surface area contributed by atoms with Crippen molar-refractivity contribution in [1.29, 1.82) is 0 Å². The largest absolute Gasteiger partial charge is 1.00 e. The molecule has 1 rings (SSSR count). The molecule has 104 valence electrons. The number of nitrogens with two attached hydrogens (primary N) is 1. The van der Waals surface area contributed by atoms with Crippen molar-refractivity contribution in [2.75, 3.05) is 20.3 Å². The van der Waals surface area contributed by atoms with Crippen LogP contribution < -0.4 is 27.2 Å². The highest BCUT2D eigenvalue weighted by molar-refractivity contribution is 5.31. The van der Waals surface area contributed by atoms with Gasteiger partial charge in [-0.1, -0.05) is 0 Å². The molecule has 0 spiro atoms. The number of ether oxygens (including phenoxy) is 2. The predicted molar refractivity (Wildman–Crippen MR) is 66.4 cm³/mol. The first-order chi connectivity index (χ1) is 8.11. The average molecular weight is 276 g/mol. The molecule has 0 amide bonds. The third kappa shape index (κ3) is 6.69. The molecule has 1 atom stereocenters. The maximum absolute atomic E-state index is 9.68. The van der Waals surface area contributed by atoms with Gasteiger partial charge in [0.1, 0.15) is 30.8 Å². The summed E-state index contributed by atoms with van der Waals surface area (Å²) in [5, 5.41) is 11.8. The minimum Gasteiger partial charge on any atom is -1.00 e. The second kappa shape index (κ2) is 9.03. The Bertz CT molecular complexity index is 317. The molecule has 1 aromatic carbocycles. The molecule has 1 aromatic rings. The number of aliphatic hydroxyl groups is 1. The Morgan fingerprint density at radius 2 is 1.72 bits per heavy atom. The third-order valence-corrected chi connectivity index (χ3v) is 2.38. The van der Waals surface area contributed by atoms with Crippen LogP contribution in [0.25, 0.3) is 0 Å². The van der Waals surface area contributed by atoms with Gasteiger partial charge in [0.05, 0.1) is 13.2 Å². The summed E-state index contributed by atoms with van der Waals surface area (Å²) in [6.07, 6.45) is -0.445. The van der Waals surface area contributed by atoms with E-state index in [1.807, 2.05) is 24.3 Å². The summed E-state index contributed by atoms with van der Waals surface area (Å²) in [5.41, 5.74) is 0. The molecule has 0 saturated carbocycles. The highest BCUT2D eigenvalue weighted by Crippen LogP contribution is 2.16. The van der Waals surface area contributed by atoms with Crippen LogP contribution in [0, 0.1) is 0 Å². The lowest BCUT2D eigenvalue weighted by Crippen LogP contribution is -3.00. The van der Waals surface area contributed by atoms with E-state index in [0.29, 0.717) is 19.2 Å². The molecular weight excluding hydrogens is 254 g/mol. The second-order valence-electron chi connectivity index (χ2n) is 4.36. The number of halogens is 1. The molecule has 0 aliphatic heterocycles. The van der Waals surface area contributed by atoms with E-state index in [1.165, 1.54) is 0 Å². The summed E-state index contributed by atoms with van der Waals surface area (Å²) in [4.78, 5) is 0. The lowest BCUT2D eigenvalue weighted by molar-refractivity contribution is -0.688. The average Bonchev–Trinajstić information content (AvgIpc) is 2.34. The number of hydrogen-bond donors (Lipinski definition) is 2. The summed E-state index contributed by atoms with van der Waals surface area (Å²) < 4.78 is 10.5. The number of benzene rings is 1. The van der Waals surface area contributed by atoms with Crippen LogP contribution in [-0.2, 0) is 0 Å². The molecule has 0 radical (unpaired) electrons. The molecular formula is C13H22ClNO3. The normalized spacial score (nSPS) is 11.8. The number of quaternary nitrogens is 1. The van der Waals surface area contributed by atoms with Crippen LogP contribution in [0.4, 0.5) is 0 Å². The van der Waals surface area contributed by atoms with Gasteiger partial charge in [-0.15, -0.1) is 0 Å². The standard InChI is InChI=1S/C13H21NO3.ClH/c1-10(2)14-8-11(15)9-17-13-6-4-12(16-3)5-7-13;/h4-7,10-11,14-15H,8-9H2,1-3H3;1H. The van der Waals surface area contributed by atoms with Crippen molar-refractivity contribution in [3.63, 3.8) is 0 Å². The molecule has 0 heterocycles. The quantitative estimate of drug-likeness (QED) is 0.574. The SMILES string of the molecule is COc1ccc(OCC(O)C[NH2+]C(C)C)cc1.[Cl-]. The maximum atomic E-state index is 9.68. The summed E-state index contributed by atoms with van der Waals surface area (Å²) in [6.45, 7) is 5.16. The van der Waals surface area contributed by atoms with Crippen molar-refractivity contribution in [2.45, 2.75) is 26.0 Å². The zero-order chi connectivity index (χ0) is 12.7. The van der Waals surface area contributed by atoms with E-state index in [0.717, 1.165) is 11.5 Å². The Kier molecular flexibility index (Phi) is 8.54. The van der Waals surface area contributed by atoms with Crippen molar-refractivity contribution in [3.8, 4) is 11.5 Å². The Morgan fingerprint density at radius 3 is 2.22 bits per heavy atom. The third-order valence-electron chi connectivity index (χ3n) is 2.38. The number of rotatable bonds is 7. The van der Waals surface area contributed by atoms with Crippen LogP contribution in [0.15, 0.2) is 24.3 Å². The lowest BCUT2D eigenvalue weighted by atomic mass is 10.3. The highest BCUT2D eigenvalue weighted by Gasteiger charge is 2.08. The van der Waals surface area contributed by atoms with Gasteiger partial charge < -0.3 is 32.3 Å². The summed E-state index contributed by atoms with van der Waals surface area (Å²) in [5.74, 6) is 1.54. The van der Waals surface area contributed by atoms with Crippen LogP contribution in [-0.4, -0.2) is 37.5 Å². The molecule has 0 saturated heterocycles. The smallest absolute Gasteiger partial charge is 0.137 e. The topological polar surface area (TPSA) is 55.3 Å². The van der Waals surface area contributed by atoms with E-state index in [1.54, 1.807) is 7.11 Å². The van der Waals surface area contributed by atoms with Gasteiger partial charge in [-0.05, 0) is 38.1 Å². The predicted octanol–water partition coefficient (Wildman–Crippen LogP) is -2.59. The van der Waals surface area contributed by atoms with Gasteiger partial charge in [-0.3, -0.25) is 0 Å². The summed E-state index contributed by atoms with van der Waals surface area (Å²) in [6, 6.07) is 7.82. The van der Waals surface area contributed by atoms with Crippen molar-refractivity contribution in [1.82, 2.24) is 0 Å². The summed E-state index contributed by atoms with van der Waals surface area (Å²) >= 11 is 0. The number of hydrogen-bond acceptors (Lipinski definition) is 3. The second-order valence-corrected chi connectivity index (χ2v) is 4.36. The Morgan fingerprint density at radius 1 is 1.17 bits per heavy atom. The van der Waals surface area contributed by atoms with E-state index in [-0.39, 0.29) is 12.4 Å². The van der Waals surface area contributed by atoms with Crippen LogP contribution in [0.1, 0.15) is 13.8 Å². The molecule has 0 aliphatic rings. The number of methoxy groups -OCH3 is 1. The van der Waals surface area contributed by atoms with Crippen LogP contribution in [0.2, 0.25) is 0 Å². The minimum absolute atomic E-state index is 0. The van der Waals surface area contributed by atoms with E-state index < -0.39 is 6.10 Å². The molecule has 0 fully saturated rings. The van der Waals surface area contributed by atoms with Crippen molar-refractivity contribution in [3.05, 3.63) is 24.3 Å². The molecule has 5 heteroatoms. The minimum atomic E-state index is -0.445. The monoisotopic (exact) mass is 275 g/mol. The first-order valence-electron chi connectivity index (χ1n) is 5.90. The Labute approximate surface area is 115 Å². The van der Waals surface area contributed by atoms with E-state index >= 15 is 0 Å². The highest BCUT2D eigenvalue weighted by atomic mass is 35.5. The van der Waals surface area contributed by atoms with Gasteiger partial charge >= 0.3 is 0 Å². The molecule has 1 unspecified atom stereocenters. The van der Waals surface area contributed by atoms with Crippen LogP contribution >= 0.6 is 0 Å². The first-order valence-corrected chi connectivity index (χ1v) is 5.90. The summed E-state index contributed by atoms with van der Waals surface area (Å²) in [7, 11) is 1.63. The van der Waals surface area contributed by atoms with Crippen molar-refractivity contribution in [2.24, 2.45) is 0 Å². The van der Waals surface area contributed by atoms with Gasteiger partial charge in [-0.2, -0.15) is 0 Å². The fourth-order valence-corrected chi connectivity index (χ4v) is 1.36. The van der Waals surface area contributed by atoms with E-state index in [2.05, 4.69) is 19.2 Å². The van der Waals surface area contributed by atoms with Crippen LogP contribution in [0.3, 0.4) is 0 Å². The van der Waals surface area contributed by atoms with Gasteiger partial charge in [0.25, 0.3) is 0 Å². The maximum Gasteiger partial charge on any atom is 0.137 e. The zero-order valence-electron chi connectivity index (χ0n) is 11.1. The zero-order valence-corrected chi connectivity index (χ0v) is 11.9. The number of aliphatic hydroxyl groups excluding tert-OH is 1. The fourth-order valence-electron chi connectivity index (χ4n) is 1.36. The van der Waals surface area contributed by atoms with Gasteiger partial charge in [-0.25, -0.2) is 0 Å². The molecule has 0 bridgehead atoms. The van der Waals surface area contributed by atoms with Gasteiger partial charge in [0.2, 0.25) is 0 Å². The van der Waals surface area contributed by atoms with Crippen LogP contribution in [0.5, 0.6) is 11.5 Å². The van der Waals surface area contributed by atoms with Crippen molar-refractivity contribution >= 4 is 0 Å². The van der Waals surface area contributed by atoms with E-state index in [9.17, 15) is 5.11 Å². The van der Waals surface area contributed by atoms with Gasteiger partial charge in [0, 0.05) is 0 Å². The molecule has 18 heavy (non-hydrogen) atoms.